The van der Waals surface area contributed by atoms with Crippen molar-refractivity contribution in [2.75, 3.05) is 6.54 Å². The minimum Gasteiger partial charge on any atom is -0.441 e. The van der Waals surface area contributed by atoms with Crippen LogP contribution in [0.25, 0.3) is 11.5 Å². The molecule has 23 heavy (non-hydrogen) atoms. The Morgan fingerprint density at radius 1 is 1.26 bits per heavy atom. The van der Waals surface area contributed by atoms with Gasteiger partial charge in [-0.1, -0.05) is 18.2 Å². The first kappa shape index (κ1) is 14.0. The zero-order valence-corrected chi connectivity index (χ0v) is 12.6. The molecule has 0 aliphatic carbocycles. The number of carbonyl (C=O) groups is 2. The van der Waals surface area contributed by atoms with Gasteiger partial charge in [-0.25, -0.2) is 4.98 Å². The third-order valence-electron chi connectivity index (χ3n) is 4.35. The quantitative estimate of drug-likeness (QED) is 0.912. The molecular weight excluding hydrogens is 294 g/mol. The fourth-order valence-corrected chi connectivity index (χ4v) is 3.11. The van der Waals surface area contributed by atoms with Crippen LogP contribution >= 0.6 is 0 Å². The number of oxazole rings is 1. The summed E-state index contributed by atoms with van der Waals surface area (Å²) in [6, 6.07) is 9.35. The molecule has 1 saturated heterocycles. The molecule has 2 amide bonds. The molecule has 4 rings (SSSR count). The number of carbonyl (C=O) groups excluding carboxylic acids is 2. The topological polar surface area (TPSA) is 75.4 Å². The fourth-order valence-electron chi connectivity index (χ4n) is 3.11. The van der Waals surface area contributed by atoms with Gasteiger partial charge < -0.3 is 14.6 Å². The predicted molar refractivity (Wildman–Crippen MR) is 82.2 cm³/mol. The number of fused-ring (bicyclic) bond motifs is 1. The van der Waals surface area contributed by atoms with Crippen molar-refractivity contribution in [3.63, 3.8) is 0 Å². The van der Waals surface area contributed by atoms with Crippen molar-refractivity contribution < 1.29 is 14.0 Å². The van der Waals surface area contributed by atoms with Gasteiger partial charge in [0.15, 0.2) is 0 Å². The van der Waals surface area contributed by atoms with Crippen molar-refractivity contribution in [2.45, 2.75) is 31.8 Å². The second-order valence-corrected chi connectivity index (χ2v) is 5.92. The molecule has 3 heterocycles. The third-order valence-corrected chi connectivity index (χ3v) is 4.35. The summed E-state index contributed by atoms with van der Waals surface area (Å²) >= 11 is 0. The van der Waals surface area contributed by atoms with E-state index >= 15 is 0 Å². The minimum atomic E-state index is -0.385. The number of hydrogen-bond acceptors (Lipinski definition) is 4. The van der Waals surface area contributed by atoms with E-state index in [0.717, 1.165) is 17.0 Å². The van der Waals surface area contributed by atoms with Crippen LogP contribution in [-0.2, 0) is 22.6 Å². The average Bonchev–Trinajstić information content (AvgIpc) is 3.20. The van der Waals surface area contributed by atoms with Gasteiger partial charge in [0, 0.05) is 24.9 Å². The molecule has 1 aromatic heterocycles. The molecule has 0 radical (unpaired) electrons. The fraction of sp³-hybridized carbons (Fsp3) is 0.353. The Bertz CT molecular complexity index is 754. The lowest BCUT2D eigenvalue weighted by Crippen LogP contribution is -2.46. The van der Waals surface area contributed by atoms with Crippen LogP contribution in [-0.4, -0.2) is 34.3 Å². The summed E-state index contributed by atoms with van der Waals surface area (Å²) in [7, 11) is 0. The lowest BCUT2D eigenvalue weighted by Gasteiger charge is -2.27. The molecule has 0 bridgehead atoms. The van der Waals surface area contributed by atoms with E-state index in [9.17, 15) is 9.59 Å². The van der Waals surface area contributed by atoms with Gasteiger partial charge in [-0.05, 0) is 18.6 Å². The number of nitrogens with zero attached hydrogens (tertiary/aromatic N) is 2. The van der Waals surface area contributed by atoms with Crippen LogP contribution < -0.4 is 5.32 Å². The minimum absolute atomic E-state index is 0.0224. The summed E-state index contributed by atoms with van der Waals surface area (Å²) in [5, 5.41) is 2.73. The zero-order valence-electron chi connectivity index (χ0n) is 12.6. The molecule has 1 N–H and O–H groups in total. The van der Waals surface area contributed by atoms with Crippen molar-refractivity contribution in [2.24, 2.45) is 0 Å². The lowest BCUT2D eigenvalue weighted by atomic mass is 10.1. The van der Waals surface area contributed by atoms with E-state index in [1.807, 2.05) is 30.3 Å². The second-order valence-electron chi connectivity index (χ2n) is 5.92. The Kier molecular flexibility index (Phi) is 3.37. The monoisotopic (exact) mass is 311 g/mol. The molecule has 6 heteroatoms. The molecule has 1 atom stereocenters. The number of amides is 2. The van der Waals surface area contributed by atoms with Crippen molar-refractivity contribution in [1.82, 2.24) is 15.2 Å². The van der Waals surface area contributed by atoms with Crippen LogP contribution in [0, 0.1) is 0 Å². The van der Waals surface area contributed by atoms with Gasteiger partial charge in [0.1, 0.15) is 17.5 Å². The van der Waals surface area contributed by atoms with Gasteiger partial charge in [0.25, 0.3) is 0 Å². The Morgan fingerprint density at radius 3 is 2.83 bits per heavy atom. The highest BCUT2D eigenvalue weighted by atomic mass is 16.4. The molecule has 0 saturated carbocycles. The highest BCUT2D eigenvalue weighted by Crippen LogP contribution is 2.26. The van der Waals surface area contributed by atoms with E-state index in [-0.39, 0.29) is 17.9 Å². The maximum atomic E-state index is 12.5. The second kappa shape index (κ2) is 5.53. The number of nitrogens with one attached hydrogen (secondary N) is 1. The number of benzene rings is 1. The Morgan fingerprint density at radius 2 is 2.09 bits per heavy atom. The first-order valence-corrected chi connectivity index (χ1v) is 7.83. The molecule has 0 spiro atoms. The lowest BCUT2D eigenvalue weighted by molar-refractivity contribution is -0.135. The van der Waals surface area contributed by atoms with Crippen molar-refractivity contribution in [1.29, 1.82) is 0 Å². The molecule has 1 fully saturated rings. The summed E-state index contributed by atoms with van der Waals surface area (Å²) in [6.45, 7) is 1.04. The first-order valence-electron chi connectivity index (χ1n) is 7.83. The summed E-state index contributed by atoms with van der Waals surface area (Å²) in [5.41, 5.74) is 1.75. The maximum absolute atomic E-state index is 12.5. The van der Waals surface area contributed by atoms with Crippen LogP contribution in [0.4, 0.5) is 0 Å². The molecule has 6 nitrogen and oxygen atoms in total. The molecule has 2 aromatic rings. The van der Waals surface area contributed by atoms with E-state index in [4.69, 9.17) is 4.42 Å². The van der Waals surface area contributed by atoms with Crippen molar-refractivity contribution in [3.05, 3.63) is 41.8 Å². The van der Waals surface area contributed by atoms with Crippen LogP contribution in [0.5, 0.6) is 0 Å². The molecule has 2 aliphatic heterocycles. The van der Waals surface area contributed by atoms with E-state index in [0.29, 0.717) is 38.2 Å². The average molecular weight is 311 g/mol. The first-order chi connectivity index (χ1) is 11.2. The molecule has 1 aromatic carbocycles. The van der Waals surface area contributed by atoms with Crippen LogP contribution in [0.3, 0.4) is 0 Å². The normalized spacial score (nSPS) is 20.3. The summed E-state index contributed by atoms with van der Waals surface area (Å²) in [4.78, 5) is 30.1. The largest absolute Gasteiger partial charge is 0.441 e. The number of rotatable bonds is 2. The van der Waals surface area contributed by atoms with Crippen molar-refractivity contribution >= 4 is 11.8 Å². The van der Waals surface area contributed by atoms with Gasteiger partial charge in [-0.15, -0.1) is 0 Å². The van der Waals surface area contributed by atoms with Crippen LogP contribution in [0.2, 0.25) is 0 Å². The molecule has 1 unspecified atom stereocenters. The van der Waals surface area contributed by atoms with Gasteiger partial charge >= 0.3 is 0 Å². The van der Waals surface area contributed by atoms with E-state index in [2.05, 4.69) is 10.3 Å². The molecule has 118 valence electrons. The summed E-state index contributed by atoms with van der Waals surface area (Å²) in [5.74, 6) is 1.38. The van der Waals surface area contributed by atoms with Crippen LogP contribution in [0.1, 0.15) is 24.3 Å². The van der Waals surface area contributed by atoms with E-state index in [1.165, 1.54) is 0 Å². The Hall–Kier alpha value is -2.63. The van der Waals surface area contributed by atoms with Gasteiger partial charge in [0.2, 0.25) is 17.7 Å². The zero-order chi connectivity index (χ0) is 15.8. The summed E-state index contributed by atoms with van der Waals surface area (Å²) in [6.07, 6.45) is 1.66. The highest BCUT2D eigenvalue weighted by Gasteiger charge is 2.33. The SMILES string of the molecule is O=C1CCC(C(=O)N2CCc3oc(-c4ccccc4)nc3C2)N1. The van der Waals surface area contributed by atoms with Crippen LogP contribution in [0.15, 0.2) is 34.7 Å². The molecular formula is C17H17N3O3. The van der Waals surface area contributed by atoms with Gasteiger partial charge in [-0.2, -0.15) is 0 Å². The maximum Gasteiger partial charge on any atom is 0.245 e. The van der Waals surface area contributed by atoms with Crippen molar-refractivity contribution in [3.8, 4) is 11.5 Å². The van der Waals surface area contributed by atoms with E-state index in [1.54, 1.807) is 4.90 Å². The number of aromatic nitrogens is 1. The number of hydrogen-bond donors (Lipinski definition) is 1. The van der Waals surface area contributed by atoms with Gasteiger partial charge in [-0.3, -0.25) is 9.59 Å². The van der Waals surface area contributed by atoms with Gasteiger partial charge in [0.05, 0.1) is 6.54 Å². The third kappa shape index (κ3) is 2.60. The predicted octanol–water partition coefficient (Wildman–Crippen LogP) is 1.50. The Balaban J connectivity index is 1.52. The molecule has 2 aliphatic rings. The Labute approximate surface area is 133 Å². The smallest absolute Gasteiger partial charge is 0.245 e. The standard InChI is InChI=1S/C17H17N3O3/c21-15-7-6-12(18-15)17(22)20-9-8-14-13(10-20)19-16(23-14)11-4-2-1-3-5-11/h1-5,12H,6-10H2,(H,18,21). The van der Waals surface area contributed by atoms with E-state index < -0.39 is 0 Å². The summed E-state index contributed by atoms with van der Waals surface area (Å²) < 4.78 is 5.84. The highest BCUT2D eigenvalue weighted by molar-refractivity contribution is 5.90.